The predicted molar refractivity (Wildman–Crippen MR) is 54.4 cm³/mol. The smallest absolute Gasteiger partial charge is 0.216 e. The van der Waals surface area contributed by atoms with Gasteiger partial charge in [0, 0.05) is 11.8 Å². The van der Waals surface area contributed by atoms with E-state index in [2.05, 4.69) is 11.1 Å². The molecule has 0 spiro atoms. The third-order valence-electron chi connectivity index (χ3n) is 2.97. The van der Waals surface area contributed by atoms with Crippen molar-refractivity contribution in [2.24, 2.45) is 5.92 Å². The second-order valence-corrected chi connectivity index (χ2v) is 4.43. The molecule has 0 atom stereocenters. The first-order valence-electron chi connectivity index (χ1n) is 5.51. The summed E-state index contributed by atoms with van der Waals surface area (Å²) in [5, 5.41) is 0. The van der Waals surface area contributed by atoms with Gasteiger partial charge in [0.25, 0.3) is 0 Å². The van der Waals surface area contributed by atoms with Gasteiger partial charge >= 0.3 is 0 Å². The van der Waals surface area contributed by atoms with E-state index in [4.69, 9.17) is 4.74 Å². The topological polar surface area (TPSA) is 22.1 Å². The molecule has 1 aromatic rings. The standard InChI is InChI=1S/C12H15NO/c1-2-11(10-5-6-10)12(13-7-1)14-8-9-3-4-9/h1-2,7,9-10H,3-6,8H2. The molecule has 2 aliphatic rings. The number of rotatable bonds is 4. The highest BCUT2D eigenvalue weighted by atomic mass is 16.5. The van der Waals surface area contributed by atoms with Crippen molar-refractivity contribution < 1.29 is 4.74 Å². The van der Waals surface area contributed by atoms with Crippen LogP contribution < -0.4 is 4.74 Å². The van der Waals surface area contributed by atoms with Crippen LogP contribution in [-0.4, -0.2) is 11.6 Å². The highest BCUT2D eigenvalue weighted by Gasteiger charge is 2.28. The highest BCUT2D eigenvalue weighted by molar-refractivity contribution is 5.32. The minimum Gasteiger partial charge on any atom is -0.477 e. The fourth-order valence-electron chi connectivity index (χ4n) is 1.71. The summed E-state index contributed by atoms with van der Waals surface area (Å²) in [7, 11) is 0. The van der Waals surface area contributed by atoms with Crippen molar-refractivity contribution in [1.29, 1.82) is 0 Å². The summed E-state index contributed by atoms with van der Waals surface area (Å²) in [4.78, 5) is 4.32. The molecule has 2 aliphatic carbocycles. The molecule has 0 aromatic carbocycles. The molecule has 0 amide bonds. The minimum atomic E-state index is 0.734. The summed E-state index contributed by atoms with van der Waals surface area (Å²) in [6.07, 6.45) is 7.13. The van der Waals surface area contributed by atoms with E-state index >= 15 is 0 Å². The van der Waals surface area contributed by atoms with E-state index in [1.54, 1.807) is 0 Å². The first-order chi connectivity index (χ1) is 6.93. The fraction of sp³-hybridized carbons (Fsp3) is 0.583. The van der Waals surface area contributed by atoms with Gasteiger partial charge in [0.05, 0.1) is 6.61 Å². The molecule has 74 valence electrons. The lowest BCUT2D eigenvalue weighted by Gasteiger charge is -2.08. The molecule has 2 saturated carbocycles. The molecule has 2 nitrogen and oxygen atoms in total. The van der Waals surface area contributed by atoms with Gasteiger partial charge in [0.1, 0.15) is 0 Å². The summed E-state index contributed by atoms with van der Waals surface area (Å²) in [5.41, 5.74) is 1.33. The second kappa shape index (κ2) is 3.26. The molecule has 1 heterocycles. The monoisotopic (exact) mass is 189 g/mol. The van der Waals surface area contributed by atoms with Crippen molar-refractivity contribution in [3.05, 3.63) is 23.9 Å². The maximum Gasteiger partial charge on any atom is 0.216 e. The maximum absolute atomic E-state index is 5.75. The van der Waals surface area contributed by atoms with Crippen LogP contribution in [-0.2, 0) is 0 Å². The van der Waals surface area contributed by atoms with E-state index in [0.29, 0.717) is 0 Å². The van der Waals surface area contributed by atoms with Crippen molar-refractivity contribution >= 4 is 0 Å². The first kappa shape index (κ1) is 8.27. The van der Waals surface area contributed by atoms with E-state index in [1.807, 2.05) is 12.3 Å². The van der Waals surface area contributed by atoms with Gasteiger partial charge in [-0.3, -0.25) is 0 Å². The van der Waals surface area contributed by atoms with Gasteiger partial charge in [-0.25, -0.2) is 4.98 Å². The number of nitrogens with zero attached hydrogens (tertiary/aromatic N) is 1. The molecule has 0 aliphatic heterocycles. The molecule has 0 saturated heterocycles. The minimum absolute atomic E-state index is 0.734. The molecule has 0 N–H and O–H groups in total. The normalized spacial score (nSPS) is 20.9. The molecule has 1 aromatic heterocycles. The molecule has 3 rings (SSSR count). The second-order valence-electron chi connectivity index (χ2n) is 4.43. The van der Waals surface area contributed by atoms with E-state index in [0.717, 1.165) is 24.3 Å². The van der Waals surface area contributed by atoms with E-state index < -0.39 is 0 Å². The zero-order valence-corrected chi connectivity index (χ0v) is 8.28. The van der Waals surface area contributed by atoms with Gasteiger partial charge in [-0.05, 0) is 43.6 Å². The van der Waals surface area contributed by atoms with E-state index in [1.165, 1.54) is 31.2 Å². The van der Waals surface area contributed by atoms with Gasteiger partial charge in [-0.15, -0.1) is 0 Å². The Bertz CT molecular complexity index is 329. The Kier molecular flexibility index (Phi) is 1.93. The maximum atomic E-state index is 5.75. The van der Waals surface area contributed by atoms with Crippen molar-refractivity contribution in [1.82, 2.24) is 4.98 Å². The van der Waals surface area contributed by atoms with Crippen LogP contribution in [0.1, 0.15) is 37.2 Å². The molecular weight excluding hydrogens is 174 g/mol. The van der Waals surface area contributed by atoms with Gasteiger partial charge in [0.15, 0.2) is 0 Å². The van der Waals surface area contributed by atoms with E-state index in [-0.39, 0.29) is 0 Å². The van der Waals surface area contributed by atoms with Crippen LogP contribution in [0.25, 0.3) is 0 Å². The van der Waals surface area contributed by atoms with Gasteiger partial charge in [-0.2, -0.15) is 0 Å². The van der Waals surface area contributed by atoms with Crippen molar-refractivity contribution in [3.63, 3.8) is 0 Å². The van der Waals surface area contributed by atoms with Crippen LogP contribution >= 0.6 is 0 Å². The Hall–Kier alpha value is -1.05. The van der Waals surface area contributed by atoms with Crippen molar-refractivity contribution in [2.45, 2.75) is 31.6 Å². The van der Waals surface area contributed by atoms with E-state index in [9.17, 15) is 0 Å². The third kappa shape index (κ3) is 1.74. The highest BCUT2D eigenvalue weighted by Crippen LogP contribution is 2.43. The zero-order chi connectivity index (χ0) is 9.38. The van der Waals surface area contributed by atoms with Crippen molar-refractivity contribution in [3.8, 4) is 5.88 Å². The molecule has 2 heteroatoms. The van der Waals surface area contributed by atoms with Crippen LogP contribution in [0.15, 0.2) is 18.3 Å². The molecular formula is C12H15NO. The summed E-state index contributed by atoms with van der Waals surface area (Å²) in [6, 6.07) is 4.17. The first-order valence-corrected chi connectivity index (χ1v) is 5.51. The molecule has 0 radical (unpaired) electrons. The summed E-state index contributed by atoms with van der Waals surface area (Å²) in [5.74, 6) is 2.43. The lowest BCUT2D eigenvalue weighted by atomic mass is 10.2. The Morgan fingerprint density at radius 2 is 2.14 bits per heavy atom. The number of hydrogen-bond donors (Lipinski definition) is 0. The SMILES string of the molecule is c1cnc(OCC2CC2)c(C2CC2)c1. The number of ether oxygens (including phenoxy) is 1. The molecule has 0 bridgehead atoms. The van der Waals surface area contributed by atoms with Crippen LogP contribution in [0.2, 0.25) is 0 Å². The van der Waals surface area contributed by atoms with Gasteiger partial charge < -0.3 is 4.74 Å². The van der Waals surface area contributed by atoms with Crippen LogP contribution in [0.3, 0.4) is 0 Å². The fourth-order valence-corrected chi connectivity index (χ4v) is 1.71. The van der Waals surface area contributed by atoms with Crippen LogP contribution in [0.4, 0.5) is 0 Å². The third-order valence-corrected chi connectivity index (χ3v) is 2.97. The molecule has 2 fully saturated rings. The number of aromatic nitrogens is 1. The molecule has 14 heavy (non-hydrogen) atoms. The number of hydrogen-bond acceptors (Lipinski definition) is 2. The lowest BCUT2D eigenvalue weighted by molar-refractivity contribution is 0.285. The predicted octanol–water partition coefficient (Wildman–Crippen LogP) is 2.75. The summed E-state index contributed by atoms with van der Waals surface area (Å²) in [6.45, 7) is 0.872. The lowest BCUT2D eigenvalue weighted by Crippen LogP contribution is -2.02. The summed E-state index contributed by atoms with van der Waals surface area (Å²) >= 11 is 0. The average molecular weight is 189 g/mol. The zero-order valence-electron chi connectivity index (χ0n) is 8.28. The Balaban J connectivity index is 1.73. The van der Waals surface area contributed by atoms with Crippen LogP contribution in [0, 0.1) is 5.92 Å². The van der Waals surface area contributed by atoms with Crippen molar-refractivity contribution in [2.75, 3.05) is 6.61 Å². The average Bonchev–Trinajstić information content (AvgIpc) is 3.07. The van der Waals surface area contributed by atoms with Gasteiger partial charge in [0.2, 0.25) is 5.88 Å². The number of pyridine rings is 1. The molecule has 0 unspecified atom stereocenters. The largest absolute Gasteiger partial charge is 0.477 e. The summed E-state index contributed by atoms with van der Waals surface area (Å²) < 4.78 is 5.75. The quantitative estimate of drug-likeness (QED) is 0.726. The Morgan fingerprint density at radius 3 is 2.86 bits per heavy atom. The van der Waals surface area contributed by atoms with Gasteiger partial charge in [-0.1, -0.05) is 6.07 Å². The van der Waals surface area contributed by atoms with Crippen LogP contribution in [0.5, 0.6) is 5.88 Å². The Morgan fingerprint density at radius 1 is 1.29 bits per heavy atom. The Labute approximate surface area is 84.3 Å².